The SMILES string of the molecule is COc1ccc(NC(=O)C(OC(=O)COc2ccccc2OC)c2ccccc2)cc1Cl. The minimum absolute atomic E-state index is 0.337. The van der Waals surface area contributed by atoms with Gasteiger partial charge in [-0.3, -0.25) is 4.79 Å². The lowest BCUT2D eigenvalue weighted by atomic mass is 10.1. The van der Waals surface area contributed by atoms with Crippen LogP contribution in [0.2, 0.25) is 5.02 Å². The summed E-state index contributed by atoms with van der Waals surface area (Å²) in [7, 11) is 3.00. The Morgan fingerprint density at radius 3 is 2.19 bits per heavy atom. The van der Waals surface area contributed by atoms with Crippen LogP contribution >= 0.6 is 11.6 Å². The maximum absolute atomic E-state index is 13.0. The van der Waals surface area contributed by atoms with E-state index in [-0.39, 0.29) is 0 Å². The van der Waals surface area contributed by atoms with Gasteiger partial charge in [0, 0.05) is 11.3 Å². The molecule has 1 N–H and O–H groups in total. The van der Waals surface area contributed by atoms with E-state index in [4.69, 9.17) is 30.5 Å². The van der Waals surface area contributed by atoms with Crippen molar-refractivity contribution < 1.29 is 28.5 Å². The summed E-state index contributed by atoms with van der Waals surface area (Å²) in [6.45, 7) is -0.397. The molecule has 1 atom stereocenters. The number of anilines is 1. The van der Waals surface area contributed by atoms with E-state index in [1.165, 1.54) is 14.2 Å². The highest BCUT2D eigenvalue weighted by molar-refractivity contribution is 6.32. The third kappa shape index (κ3) is 5.92. The van der Waals surface area contributed by atoms with Gasteiger partial charge in [0.2, 0.25) is 6.10 Å². The van der Waals surface area contributed by atoms with E-state index in [1.807, 2.05) is 0 Å². The van der Waals surface area contributed by atoms with Gasteiger partial charge in [-0.25, -0.2) is 4.79 Å². The topological polar surface area (TPSA) is 83.1 Å². The molecule has 8 heteroatoms. The molecule has 7 nitrogen and oxygen atoms in total. The minimum atomic E-state index is -1.19. The summed E-state index contributed by atoms with van der Waals surface area (Å²) in [5.41, 5.74) is 0.943. The first-order valence-electron chi connectivity index (χ1n) is 9.66. The lowest BCUT2D eigenvalue weighted by Gasteiger charge is -2.19. The van der Waals surface area contributed by atoms with E-state index in [1.54, 1.807) is 72.8 Å². The van der Waals surface area contributed by atoms with Crippen LogP contribution in [-0.2, 0) is 14.3 Å². The third-order valence-electron chi connectivity index (χ3n) is 4.42. The summed E-state index contributed by atoms with van der Waals surface area (Å²) in [5.74, 6) is 0.0921. The number of methoxy groups -OCH3 is 2. The van der Waals surface area contributed by atoms with Gasteiger partial charge in [0.15, 0.2) is 18.1 Å². The molecule has 0 aliphatic rings. The van der Waals surface area contributed by atoms with Gasteiger partial charge in [0.1, 0.15) is 5.75 Å². The Labute approximate surface area is 190 Å². The van der Waals surface area contributed by atoms with E-state index >= 15 is 0 Å². The number of benzene rings is 3. The fourth-order valence-electron chi connectivity index (χ4n) is 2.89. The molecule has 1 unspecified atom stereocenters. The number of hydrogen-bond donors (Lipinski definition) is 1. The van der Waals surface area contributed by atoms with Crippen LogP contribution < -0.4 is 19.5 Å². The van der Waals surface area contributed by atoms with Crippen LogP contribution in [0.15, 0.2) is 72.8 Å². The molecule has 0 saturated heterocycles. The second-order valence-corrected chi connectivity index (χ2v) is 6.97. The van der Waals surface area contributed by atoms with E-state index < -0.39 is 24.6 Å². The number of carbonyl (C=O) groups is 2. The highest BCUT2D eigenvalue weighted by atomic mass is 35.5. The molecule has 0 fully saturated rings. The smallest absolute Gasteiger partial charge is 0.345 e. The van der Waals surface area contributed by atoms with Crippen LogP contribution in [0, 0.1) is 0 Å². The Morgan fingerprint density at radius 1 is 0.875 bits per heavy atom. The zero-order valence-electron chi connectivity index (χ0n) is 17.5. The second kappa shape index (κ2) is 11.1. The number of nitrogens with one attached hydrogen (secondary N) is 1. The van der Waals surface area contributed by atoms with Crippen molar-refractivity contribution in [2.45, 2.75) is 6.10 Å². The van der Waals surface area contributed by atoms with Crippen molar-refractivity contribution in [3.05, 3.63) is 83.4 Å². The molecule has 0 radical (unpaired) electrons. The normalized spacial score (nSPS) is 11.2. The Bertz CT molecular complexity index is 1070. The fourth-order valence-corrected chi connectivity index (χ4v) is 3.15. The van der Waals surface area contributed by atoms with Gasteiger partial charge in [-0.15, -0.1) is 0 Å². The predicted octanol–water partition coefficient (Wildman–Crippen LogP) is 4.66. The largest absolute Gasteiger partial charge is 0.495 e. The monoisotopic (exact) mass is 455 g/mol. The Balaban J connectivity index is 1.72. The molecule has 3 rings (SSSR count). The highest BCUT2D eigenvalue weighted by Gasteiger charge is 2.26. The molecule has 1 amide bonds. The molecule has 32 heavy (non-hydrogen) atoms. The van der Waals surface area contributed by atoms with Crippen LogP contribution in [0.5, 0.6) is 17.2 Å². The maximum atomic E-state index is 13.0. The number of ether oxygens (including phenoxy) is 4. The van der Waals surface area contributed by atoms with Gasteiger partial charge < -0.3 is 24.3 Å². The molecule has 166 valence electrons. The van der Waals surface area contributed by atoms with Gasteiger partial charge in [0.25, 0.3) is 5.91 Å². The van der Waals surface area contributed by atoms with Crippen LogP contribution in [0.4, 0.5) is 5.69 Å². The number of amides is 1. The standard InChI is InChI=1S/C24H22ClNO6/c1-29-19-13-12-17(14-18(19)25)26-24(28)23(16-8-4-3-5-9-16)32-22(27)15-31-21-11-7-6-10-20(21)30-2/h3-14,23H,15H2,1-2H3,(H,26,28). The van der Waals surface area contributed by atoms with Crippen LogP contribution in [0.1, 0.15) is 11.7 Å². The average molecular weight is 456 g/mol. The third-order valence-corrected chi connectivity index (χ3v) is 4.72. The molecule has 0 aliphatic carbocycles. The van der Waals surface area contributed by atoms with Crippen LogP contribution in [0.25, 0.3) is 0 Å². The van der Waals surface area contributed by atoms with Crippen molar-refractivity contribution in [3.63, 3.8) is 0 Å². The van der Waals surface area contributed by atoms with Crippen molar-refractivity contribution in [2.75, 3.05) is 26.1 Å². The molecule has 0 bridgehead atoms. The minimum Gasteiger partial charge on any atom is -0.495 e. The molecule has 0 spiro atoms. The zero-order chi connectivity index (χ0) is 22.9. The lowest BCUT2D eigenvalue weighted by molar-refractivity contribution is -0.156. The van der Waals surface area contributed by atoms with E-state index in [2.05, 4.69) is 5.32 Å². The molecule has 0 aromatic heterocycles. The fraction of sp³-hybridized carbons (Fsp3) is 0.167. The van der Waals surface area contributed by atoms with Gasteiger partial charge in [-0.05, 0) is 30.3 Å². The number of halogens is 1. The molecular formula is C24H22ClNO6. The Hall–Kier alpha value is -3.71. The second-order valence-electron chi connectivity index (χ2n) is 6.56. The Morgan fingerprint density at radius 2 is 1.53 bits per heavy atom. The van der Waals surface area contributed by atoms with E-state index in [9.17, 15) is 9.59 Å². The zero-order valence-corrected chi connectivity index (χ0v) is 18.3. The number of carbonyl (C=O) groups excluding carboxylic acids is 2. The van der Waals surface area contributed by atoms with E-state index in [0.717, 1.165) is 0 Å². The number of esters is 1. The maximum Gasteiger partial charge on any atom is 0.345 e. The molecule has 3 aromatic carbocycles. The summed E-state index contributed by atoms with van der Waals surface area (Å²) in [5, 5.41) is 3.05. The van der Waals surface area contributed by atoms with Gasteiger partial charge in [0.05, 0.1) is 19.2 Å². The Kier molecular flexibility index (Phi) is 7.94. The number of rotatable bonds is 9. The number of hydrogen-bond acceptors (Lipinski definition) is 6. The van der Waals surface area contributed by atoms with Gasteiger partial charge in [-0.1, -0.05) is 54.1 Å². The van der Waals surface area contributed by atoms with Gasteiger partial charge >= 0.3 is 5.97 Å². The van der Waals surface area contributed by atoms with Crippen molar-refractivity contribution >= 4 is 29.2 Å². The van der Waals surface area contributed by atoms with Crippen molar-refractivity contribution in [1.29, 1.82) is 0 Å². The van der Waals surface area contributed by atoms with E-state index in [0.29, 0.717) is 33.5 Å². The summed E-state index contributed by atoms with van der Waals surface area (Å²) >= 11 is 6.13. The summed E-state index contributed by atoms with van der Waals surface area (Å²) in [4.78, 5) is 25.5. The van der Waals surface area contributed by atoms with Crippen molar-refractivity contribution in [3.8, 4) is 17.2 Å². The van der Waals surface area contributed by atoms with Crippen molar-refractivity contribution in [1.82, 2.24) is 0 Å². The van der Waals surface area contributed by atoms with Crippen LogP contribution in [0.3, 0.4) is 0 Å². The predicted molar refractivity (Wildman–Crippen MR) is 120 cm³/mol. The first-order chi connectivity index (χ1) is 15.5. The summed E-state index contributed by atoms with van der Waals surface area (Å²) < 4.78 is 21.3. The molecule has 3 aromatic rings. The molecule has 0 heterocycles. The summed E-state index contributed by atoms with van der Waals surface area (Å²) in [6.07, 6.45) is -1.19. The molecule has 0 aliphatic heterocycles. The van der Waals surface area contributed by atoms with Gasteiger partial charge in [-0.2, -0.15) is 0 Å². The average Bonchev–Trinajstić information content (AvgIpc) is 2.82. The first kappa shape index (κ1) is 23.0. The lowest BCUT2D eigenvalue weighted by Crippen LogP contribution is -2.28. The quantitative estimate of drug-likeness (QED) is 0.472. The summed E-state index contributed by atoms with van der Waals surface area (Å²) in [6, 6.07) is 20.4. The molecular weight excluding hydrogens is 434 g/mol. The van der Waals surface area contributed by atoms with Crippen LogP contribution in [-0.4, -0.2) is 32.7 Å². The van der Waals surface area contributed by atoms with Crippen molar-refractivity contribution in [2.24, 2.45) is 0 Å². The first-order valence-corrected chi connectivity index (χ1v) is 10.0. The molecule has 0 saturated carbocycles. The number of para-hydroxylation sites is 2. The highest BCUT2D eigenvalue weighted by Crippen LogP contribution is 2.29.